The fourth-order valence-electron chi connectivity index (χ4n) is 1.67. The molecule has 1 rings (SSSR count). The van der Waals surface area contributed by atoms with Crippen molar-refractivity contribution in [1.29, 1.82) is 0 Å². The molecule has 0 saturated heterocycles. The van der Waals surface area contributed by atoms with E-state index >= 15 is 0 Å². The van der Waals surface area contributed by atoms with Crippen LogP contribution in [0.1, 0.15) is 19.4 Å². The summed E-state index contributed by atoms with van der Waals surface area (Å²) in [6.45, 7) is 5.59. The van der Waals surface area contributed by atoms with Crippen LogP contribution in [0.25, 0.3) is 0 Å². The molecule has 0 bridgehead atoms. The van der Waals surface area contributed by atoms with Crippen LogP contribution in [-0.2, 0) is 11.3 Å². The first-order valence-corrected chi connectivity index (χ1v) is 6.22. The summed E-state index contributed by atoms with van der Waals surface area (Å²) in [6.07, 6.45) is -0.233. The van der Waals surface area contributed by atoms with Crippen molar-refractivity contribution in [3.8, 4) is 5.75 Å². The maximum absolute atomic E-state index is 11.1. The summed E-state index contributed by atoms with van der Waals surface area (Å²) in [4.78, 5) is 10.6. The predicted octanol–water partition coefficient (Wildman–Crippen LogP) is 2.12. The second-order valence-corrected chi connectivity index (χ2v) is 4.22. The first-order chi connectivity index (χ1) is 9.08. The molecule has 0 amide bonds. The normalized spacial score (nSPS) is 12.2. The van der Waals surface area contributed by atoms with Gasteiger partial charge in [0.15, 0.2) is 5.75 Å². The van der Waals surface area contributed by atoms with Crippen molar-refractivity contribution in [1.82, 2.24) is 5.32 Å². The van der Waals surface area contributed by atoms with Crippen LogP contribution in [0.5, 0.6) is 5.75 Å². The Balaban J connectivity index is 2.88. The summed E-state index contributed by atoms with van der Waals surface area (Å²) < 4.78 is 10.5. The largest absolute Gasteiger partial charge is 0.481 e. The minimum absolute atomic E-state index is 0.0154. The van der Waals surface area contributed by atoms with Gasteiger partial charge in [0.25, 0.3) is 0 Å². The van der Waals surface area contributed by atoms with Gasteiger partial charge in [0.2, 0.25) is 0 Å². The molecule has 1 N–H and O–H groups in total. The second kappa shape index (κ2) is 7.70. The molecule has 19 heavy (non-hydrogen) atoms. The Morgan fingerprint density at radius 3 is 2.79 bits per heavy atom. The van der Waals surface area contributed by atoms with Crippen LogP contribution in [0.4, 0.5) is 5.69 Å². The first kappa shape index (κ1) is 15.4. The zero-order valence-corrected chi connectivity index (χ0v) is 11.5. The molecule has 0 saturated carbocycles. The van der Waals surface area contributed by atoms with Crippen molar-refractivity contribution < 1.29 is 14.4 Å². The Morgan fingerprint density at radius 1 is 1.47 bits per heavy atom. The molecular weight excluding hydrogens is 248 g/mol. The highest BCUT2D eigenvalue weighted by Gasteiger charge is 2.18. The van der Waals surface area contributed by atoms with E-state index in [1.807, 2.05) is 13.0 Å². The van der Waals surface area contributed by atoms with Gasteiger partial charge in [-0.15, -0.1) is 0 Å². The molecule has 0 fully saturated rings. The minimum atomic E-state index is -0.426. The molecule has 0 aliphatic carbocycles. The molecule has 1 unspecified atom stereocenters. The fourth-order valence-corrected chi connectivity index (χ4v) is 1.67. The Bertz CT molecular complexity index is 423. The minimum Gasteiger partial charge on any atom is -0.481 e. The molecule has 0 spiro atoms. The number of hydrogen-bond donors (Lipinski definition) is 1. The summed E-state index contributed by atoms with van der Waals surface area (Å²) in [7, 11) is 1.56. The third-order valence-corrected chi connectivity index (χ3v) is 2.53. The molecule has 6 nitrogen and oxygen atoms in total. The van der Waals surface area contributed by atoms with E-state index in [2.05, 4.69) is 5.32 Å². The lowest BCUT2D eigenvalue weighted by atomic mass is 10.2. The Hall–Kier alpha value is -1.66. The zero-order chi connectivity index (χ0) is 14.3. The standard InChI is InChI=1S/C13H20N2O4/c1-4-14-8-11-5-6-13(12(7-11)15(16)17)19-10(2)9-18-3/h5-7,10,14H,4,8-9H2,1-3H3. The van der Waals surface area contributed by atoms with Crippen LogP contribution in [-0.4, -0.2) is 31.3 Å². The van der Waals surface area contributed by atoms with E-state index in [1.165, 1.54) is 6.07 Å². The van der Waals surface area contributed by atoms with Crippen LogP contribution in [0.15, 0.2) is 18.2 Å². The van der Waals surface area contributed by atoms with Crippen LogP contribution < -0.4 is 10.1 Å². The molecule has 0 aliphatic rings. The summed E-state index contributed by atoms with van der Waals surface area (Å²) in [5.41, 5.74) is 0.846. The van der Waals surface area contributed by atoms with E-state index in [-0.39, 0.29) is 17.5 Å². The number of ether oxygens (including phenoxy) is 2. The molecule has 1 aromatic rings. The van der Waals surface area contributed by atoms with Crippen LogP contribution in [0.3, 0.4) is 0 Å². The average molecular weight is 268 g/mol. The Labute approximate surface area is 112 Å². The van der Waals surface area contributed by atoms with Crippen LogP contribution in [0.2, 0.25) is 0 Å². The monoisotopic (exact) mass is 268 g/mol. The van der Waals surface area contributed by atoms with Gasteiger partial charge >= 0.3 is 5.69 Å². The topological polar surface area (TPSA) is 73.6 Å². The van der Waals surface area contributed by atoms with E-state index in [0.29, 0.717) is 13.2 Å². The molecular formula is C13H20N2O4. The smallest absolute Gasteiger partial charge is 0.311 e. The molecule has 1 aromatic carbocycles. The number of rotatable bonds is 8. The SMILES string of the molecule is CCNCc1ccc(OC(C)COC)c([N+](=O)[O-])c1. The maximum atomic E-state index is 11.1. The molecule has 0 radical (unpaired) electrons. The second-order valence-electron chi connectivity index (χ2n) is 4.22. The number of nitro benzene ring substituents is 1. The van der Waals surface area contributed by atoms with E-state index in [4.69, 9.17) is 9.47 Å². The highest BCUT2D eigenvalue weighted by Crippen LogP contribution is 2.28. The lowest BCUT2D eigenvalue weighted by Gasteiger charge is -2.14. The third kappa shape index (κ3) is 4.84. The van der Waals surface area contributed by atoms with E-state index in [9.17, 15) is 10.1 Å². The van der Waals surface area contributed by atoms with E-state index < -0.39 is 4.92 Å². The highest BCUT2D eigenvalue weighted by molar-refractivity contribution is 5.48. The third-order valence-electron chi connectivity index (χ3n) is 2.53. The van der Waals surface area contributed by atoms with Gasteiger partial charge in [-0.1, -0.05) is 13.0 Å². The summed E-state index contributed by atoms with van der Waals surface area (Å²) >= 11 is 0. The number of nitrogens with one attached hydrogen (secondary N) is 1. The number of hydrogen-bond acceptors (Lipinski definition) is 5. The Morgan fingerprint density at radius 2 is 2.21 bits per heavy atom. The van der Waals surface area contributed by atoms with Crippen molar-refractivity contribution >= 4 is 5.69 Å². The maximum Gasteiger partial charge on any atom is 0.311 e. The predicted molar refractivity (Wildman–Crippen MR) is 72.4 cm³/mol. The lowest BCUT2D eigenvalue weighted by molar-refractivity contribution is -0.386. The zero-order valence-electron chi connectivity index (χ0n) is 11.5. The van der Waals surface area contributed by atoms with Crippen molar-refractivity contribution in [2.45, 2.75) is 26.5 Å². The van der Waals surface area contributed by atoms with Crippen molar-refractivity contribution in [3.05, 3.63) is 33.9 Å². The molecule has 6 heteroatoms. The lowest BCUT2D eigenvalue weighted by Crippen LogP contribution is -2.18. The van der Waals surface area contributed by atoms with Gasteiger partial charge in [-0.2, -0.15) is 0 Å². The summed E-state index contributed by atoms with van der Waals surface area (Å²) in [5.74, 6) is 0.273. The van der Waals surface area contributed by atoms with Gasteiger partial charge in [-0.3, -0.25) is 10.1 Å². The molecule has 0 heterocycles. The number of nitrogens with zero attached hydrogens (tertiary/aromatic N) is 1. The van der Waals surface area contributed by atoms with Crippen LogP contribution in [0, 0.1) is 10.1 Å². The van der Waals surface area contributed by atoms with Crippen LogP contribution >= 0.6 is 0 Å². The van der Waals surface area contributed by atoms with Gasteiger partial charge < -0.3 is 14.8 Å². The average Bonchev–Trinajstić information content (AvgIpc) is 2.37. The number of nitro groups is 1. The number of benzene rings is 1. The van der Waals surface area contributed by atoms with Gasteiger partial charge in [-0.25, -0.2) is 0 Å². The molecule has 0 aliphatic heterocycles. The summed E-state index contributed by atoms with van der Waals surface area (Å²) in [6, 6.07) is 5.00. The van der Waals surface area contributed by atoms with Gasteiger partial charge in [0.05, 0.1) is 11.5 Å². The number of methoxy groups -OCH3 is 1. The van der Waals surface area contributed by atoms with Gasteiger partial charge in [0, 0.05) is 19.7 Å². The van der Waals surface area contributed by atoms with Gasteiger partial charge in [-0.05, 0) is 25.1 Å². The van der Waals surface area contributed by atoms with E-state index in [1.54, 1.807) is 20.1 Å². The molecule has 1 atom stereocenters. The fraction of sp³-hybridized carbons (Fsp3) is 0.538. The van der Waals surface area contributed by atoms with Gasteiger partial charge in [0.1, 0.15) is 6.10 Å². The van der Waals surface area contributed by atoms with Crippen molar-refractivity contribution in [2.75, 3.05) is 20.3 Å². The molecule has 106 valence electrons. The Kier molecular flexibility index (Phi) is 6.24. The van der Waals surface area contributed by atoms with Crippen molar-refractivity contribution in [3.63, 3.8) is 0 Å². The van der Waals surface area contributed by atoms with Crippen molar-refractivity contribution in [2.24, 2.45) is 0 Å². The first-order valence-electron chi connectivity index (χ1n) is 6.22. The highest BCUT2D eigenvalue weighted by atomic mass is 16.6. The van der Waals surface area contributed by atoms with E-state index in [0.717, 1.165) is 12.1 Å². The quantitative estimate of drug-likeness (QED) is 0.577. The molecule has 0 aromatic heterocycles. The summed E-state index contributed by atoms with van der Waals surface area (Å²) in [5, 5.41) is 14.2.